The van der Waals surface area contributed by atoms with Crippen LogP contribution in [0, 0.1) is 0 Å². The molecule has 0 aliphatic carbocycles. The van der Waals surface area contributed by atoms with Gasteiger partial charge in [-0.2, -0.15) is 0 Å². The highest BCUT2D eigenvalue weighted by Crippen LogP contribution is 2.21. The Morgan fingerprint density at radius 3 is 2.55 bits per heavy atom. The van der Waals surface area contributed by atoms with Crippen molar-refractivity contribution in [3.05, 3.63) is 21.3 Å². The number of nitrogens with zero attached hydrogens (tertiary/aromatic N) is 3. The van der Waals surface area contributed by atoms with Crippen LogP contribution in [-0.2, 0) is 11.2 Å². The lowest BCUT2D eigenvalue weighted by atomic mass is 10.3. The van der Waals surface area contributed by atoms with Crippen molar-refractivity contribution in [1.82, 2.24) is 15.1 Å². The highest BCUT2D eigenvalue weighted by molar-refractivity contribution is 7.16. The summed E-state index contributed by atoms with van der Waals surface area (Å²) in [7, 11) is 0. The van der Waals surface area contributed by atoms with E-state index in [1.54, 1.807) is 18.3 Å². The third-order valence-corrected chi connectivity index (χ3v) is 4.90. The smallest absolute Gasteiger partial charge is 0.219 e. The van der Waals surface area contributed by atoms with E-state index in [2.05, 4.69) is 23.2 Å². The molecule has 1 saturated heterocycles. The van der Waals surface area contributed by atoms with E-state index in [-0.39, 0.29) is 5.91 Å². The SMILES string of the molecule is CCNC(=NCCc1ccc(Cl)s1)N1CCN(C(C)=O)CC1. The summed E-state index contributed by atoms with van der Waals surface area (Å²) in [4.78, 5) is 21.5. The number of thiophene rings is 1. The third kappa shape index (κ3) is 4.88. The number of carbonyl (C=O) groups excluding carboxylic acids is 1. The number of rotatable bonds is 4. The van der Waals surface area contributed by atoms with Gasteiger partial charge in [0.2, 0.25) is 5.91 Å². The monoisotopic (exact) mass is 342 g/mol. The Hall–Kier alpha value is -1.27. The second kappa shape index (κ2) is 8.39. The largest absolute Gasteiger partial charge is 0.357 e. The Kier molecular flexibility index (Phi) is 6.51. The van der Waals surface area contributed by atoms with Gasteiger partial charge in [-0.25, -0.2) is 0 Å². The molecule has 1 aliphatic heterocycles. The molecule has 0 radical (unpaired) electrons. The van der Waals surface area contributed by atoms with Gasteiger partial charge < -0.3 is 15.1 Å². The Balaban J connectivity index is 1.88. The van der Waals surface area contributed by atoms with Gasteiger partial charge in [-0.1, -0.05) is 11.6 Å². The van der Waals surface area contributed by atoms with Crippen LogP contribution in [0.1, 0.15) is 18.7 Å². The van der Waals surface area contributed by atoms with Crippen molar-refractivity contribution >= 4 is 34.8 Å². The summed E-state index contributed by atoms with van der Waals surface area (Å²) < 4.78 is 0.825. The zero-order valence-corrected chi connectivity index (χ0v) is 14.7. The van der Waals surface area contributed by atoms with Crippen molar-refractivity contribution in [2.75, 3.05) is 39.3 Å². The molecule has 0 aromatic carbocycles. The van der Waals surface area contributed by atoms with Crippen molar-refractivity contribution in [2.45, 2.75) is 20.3 Å². The van der Waals surface area contributed by atoms with Gasteiger partial charge in [0, 0.05) is 57.5 Å². The fraction of sp³-hybridized carbons (Fsp3) is 0.600. The van der Waals surface area contributed by atoms with Crippen molar-refractivity contribution in [3.8, 4) is 0 Å². The van der Waals surface area contributed by atoms with Crippen LogP contribution in [-0.4, -0.2) is 60.9 Å². The van der Waals surface area contributed by atoms with Crippen LogP contribution in [0.3, 0.4) is 0 Å². The number of hydrogen-bond acceptors (Lipinski definition) is 3. The third-order valence-electron chi connectivity index (χ3n) is 3.61. The van der Waals surface area contributed by atoms with E-state index in [0.29, 0.717) is 0 Å². The van der Waals surface area contributed by atoms with E-state index in [4.69, 9.17) is 16.6 Å². The number of aliphatic imine (C=N–C) groups is 1. The number of carbonyl (C=O) groups is 1. The fourth-order valence-electron chi connectivity index (χ4n) is 2.42. The van der Waals surface area contributed by atoms with Gasteiger partial charge in [-0.15, -0.1) is 11.3 Å². The molecule has 5 nitrogen and oxygen atoms in total. The maximum Gasteiger partial charge on any atom is 0.219 e. The molecule has 0 bridgehead atoms. The van der Waals surface area contributed by atoms with Crippen LogP contribution >= 0.6 is 22.9 Å². The van der Waals surface area contributed by atoms with Crippen LogP contribution in [0.5, 0.6) is 0 Å². The first-order valence-electron chi connectivity index (χ1n) is 7.63. The lowest BCUT2D eigenvalue weighted by molar-refractivity contribution is -0.130. The minimum Gasteiger partial charge on any atom is -0.357 e. The second-order valence-corrected chi connectivity index (χ2v) is 6.98. The van der Waals surface area contributed by atoms with Gasteiger partial charge in [0.25, 0.3) is 0 Å². The Morgan fingerprint density at radius 1 is 1.32 bits per heavy atom. The van der Waals surface area contributed by atoms with Crippen molar-refractivity contribution in [1.29, 1.82) is 0 Å². The normalized spacial score (nSPS) is 16.0. The Bertz CT molecular complexity index is 523. The fourth-order valence-corrected chi connectivity index (χ4v) is 3.49. The topological polar surface area (TPSA) is 47.9 Å². The zero-order valence-electron chi connectivity index (χ0n) is 13.1. The molecule has 22 heavy (non-hydrogen) atoms. The molecule has 2 heterocycles. The van der Waals surface area contributed by atoms with Crippen LogP contribution in [0.25, 0.3) is 0 Å². The molecule has 0 spiro atoms. The highest BCUT2D eigenvalue weighted by atomic mass is 35.5. The predicted molar refractivity (Wildman–Crippen MR) is 92.8 cm³/mol. The van der Waals surface area contributed by atoms with Gasteiger partial charge in [0.05, 0.1) is 4.34 Å². The van der Waals surface area contributed by atoms with Crippen molar-refractivity contribution in [3.63, 3.8) is 0 Å². The van der Waals surface area contributed by atoms with E-state index >= 15 is 0 Å². The molecular formula is C15H23ClN4OS. The molecule has 1 amide bonds. The molecule has 122 valence electrons. The summed E-state index contributed by atoms with van der Waals surface area (Å²) in [5.41, 5.74) is 0. The number of halogens is 1. The summed E-state index contributed by atoms with van der Waals surface area (Å²) in [6.07, 6.45) is 0.902. The van der Waals surface area contributed by atoms with Crippen molar-refractivity contribution < 1.29 is 4.79 Å². The molecule has 1 fully saturated rings. The summed E-state index contributed by atoms with van der Waals surface area (Å²) in [5, 5.41) is 3.34. The molecule has 2 rings (SSSR count). The number of amides is 1. The molecule has 0 unspecified atom stereocenters. The Morgan fingerprint density at radius 2 is 2.00 bits per heavy atom. The first-order chi connectivity index (χ1) is 10.6. The minimum absolute atomic E-state index is 0.149. The molecule has 7 heteroatoms. The summed E-state index contributed by atoms with van der Waals surface area (Å²) >= 11 is 7.55. The second-order valence-electron chi connectivity index (χ2n) is 5.18. The number of piperazine rings is 1. The maximum absolute atomic E-state index is 11.4. The molecule has 1 aromatic heterocycles. The van der Waals surface area contributed by atoms with Crippen LogP contribution in [0.4, 0.5) is 0 Å². The lowest BCUT2D eigenvalue weighted by Crippen LogP contribution is -2.53. The van der Waals surface area contributed by atoms with Gasteiger partial charge in [-0.3, -0.25) is 9.79 Å². The lowest BCUT2D eigenvalue weighted by Gasteiger charge is -2.36. The summed E-state index contributed by atoms with van der Waals surface area (Å²) in [6, 6.07) is 3.98. The van der Waals surface area contributed by atoms with Crippen LogP contribution < -0.4 is 5.32 Å². The van der Waals surface area contributed by atoms with Crippen LogP contribution in [0.15, 0.2) is 17.1 Å². The molecule has 1 N–H and O–H groups in total. The average molecular weight is 343 g/mol. The van der Waals surface area contributed by atoms with E-state index in [1.807, 2.05) is 11.0 Å². The minimum atomic E-state index is 0.149. The van der Waals surface area contributed by atoms with Gasteiger partial charge in [-0.05, 0) is 19.1 Å². The molecule has 0 saturated carbocycles. The summed E-state index contributed by atoms with van der Waals surface area (Å²) in [6.45, 7) is 8.47. The van der Waals surface area contributed by atoms with Gasteiger partial charge in [0.1, 0.15) is 0 Å². The van der Waals surface area contributed by atoms with E-state index in [1.165, 1.54) is 4.88 Å². The maximum atomic E-state index is 11.4. The number of guanidine groups is 1. The van der Waals surface area contributed by atoms with Gasteiger partial charge >= 0.3 is 0 Å². The standard InChI is InChI=1S/C15H23ClN4OS/c1-3-17-15(18-7-6-13-4-5-14(16)22-13)20-10-8-19(9-11-20)12(2)21/h4-5H,3,6-11H2,1-2H3,(H,17,18). The van der Waals surface area contributed by atoms with E-state index < -0.39 is 0 Å². The van der Waals surface area contributed by atoms with E-state index in [0.717, 1.165) is 56.0 Å². The quantitative estimate of drug-likeness (QED) is 0.673. The number of nitrogens with one attached hydrogen (secondary N) is 1. The van der Waals surface area contributed by atoms with E-state index in [9.17, 15) is 4.79 Å². The molecular weight excluding hydrogens is 320 g/mol. The Labute approximate surface area is 141 Å². The molecule has 0 atom stereocenters. The first kappa shape index (κ1) is 17.1. The molecule has 1 aromatic rings. The number of hydrogen-bond donors (Lipinski definition) is 1. The molecule has 1 aliphatic rings. The average Bonchev–Trinajstić information content (AvgIpc) is 2.92. The highest BCUT2D eigenvalue weighted by Gasteiger charge is 2.20. The summed E-state index contributed by atoms with van der Waals surface area (Å²) in [5.74, 6) is 1.09. The first-order valence-corrected chi connectivity index (χ1v) is 8.82. The van der Waals surface area contributed by atoms with Crippen LogP contribution in [0.2, 0.25) is 4.34 Å². The van der Waals surface area contributed by atoms with Gasteiger partial charge in [0.15, 0.2) is 5.96 Å². The van der Waals surface area contributed by atoms with Crippen molar-refractivity contribution in [2.24, 2.45) is 4.99 Å². The predicted octanol–water partition coefficient (Wildman–Crippen LogP) is 2.07. The zero-order chi connectivity index (χ0) is 15.9.